The van der Waals surface area contributed by atoms with Gasteiger partial charge in [-0.25, -0.2) is 4.79 Å². The fraction of sp³-hybridized carbons (Fsp3) is 0.545. The van der Waals surface area contributed by atoms with Gasteiger partial charge in [-0.2, -0.15) is 0 Å². The minimum Gasteiger partial charge on any atom is -0.463 e. The average molecular weight is 182 g/mol. The molecule has 0 amide bonds. The van der Waals surface area contributed by atoms with Crippen LogP contribution in [-0.4, -0.2) is 12.6 Å². The number of carbonyl (C=O) groups excluding carboxylic acids is 1. The summed E-state index contributed by atoms with van der Waals surface area (Å²) in [5.41, 5.74) is 1.82. The van der Waals surface area contributed by atoms with Crippen molar-refractivity contribution in [2.45, 2.75) is 33.6 Å². The molecule has 0 aromatic carbocycles. The number of allylic oxidation sites excluding steroid dienone is 2. The lowest BCUT2D eigenvalue weighted by Gasteiger charge is -2.02. The molecule has 0 aromatic rings. The molecule has 0 bridgehead atoms. The van der Waals surface area contributed by atoms with Gasteiger partial charge in [0.15, 0.2) is 0 Å². The Morgan fingerprint density at radius 3 is 2.54 bits per heavy atom. The molecule has 2 nitrogen and oxygen atoms in total. The van der Waals surface area contributed by atoms with Crippen LogP contribution in [0.2, 0.25) is 0 Å². The first kappa shape index (κ1) is 11.9. The topological polar surface area (TPSA) is 26.3 Å². The predicted octanol–water partition coefficient (Wildman–Crippen LogP) is 2.85. The van der Waals surface area contributed by atoms with Crippen LogP contribution in [-0.2, 0) is 9.53 Å². The van der Waals surface area contributed by atoms with Crippen LogP contribution in [0.4, 0.5) is 0 Å². The van der Waals surface area contributed by atoms with Crippen LogP contribution in [0.1, 0.15) is 33.6 Å². The molecule has 0 unspecified atom stereocenters. The van der Waals surface area contributed by atoms with E-state index < -0.39 is 0 Å². The summed E-state index contributed by atoms with van der Waals surface area (Å²) in [7, 11) is 0. The highest BCUT2D eigenvalue weighted by atomic mass is 16.5. The minimum atomic E-state index is -0.273. The maximum absolute atomic E-state index is 11.1. The maximum atomic E-state index is 11.1. The molecule has 0 rings (SSSR count). The summed E-state index contributed by atoms with van der Waals surface area (Å²) >= 11 is 0. The number of hydrogen-bond acceptors (Lipinski definition) is 2. The smallest absolute Gasteiger partial charge is 0.333 e. The molecule has 0 spiro atoms. The maximum Gasteiger partial charge on any atom is 0.333 e. The number of esters is 1. The number of rotatable bonds is 5. The van der Waals surface area contributed by atoms with Crippen molar-refractivity contribution in [3.05, 3.63) is 23.8 Å². The molecule has 0 fully saturated rings. The van der Waals surface area contributed by atoms with E-state index in [9.17, 15) is 4.79 Å². The zero-order valence-corrected chi connectivity index (χ0v) is 8.72. The quantitative estimate of drug-likeness (QED) is 0.371. The van der Waals surface area contributed by atoms with Gasteiger partial charge in [0.25, 0.3) is 0 Å². The second kappa shape index (κ2) is 6.46. The summed E-state index contributed by atoms with van der Waals surface area (Å²) in [5, 5.41) is 0. The molecule has 13 heavy (non-hydrogen) atoms. The van der Waals surface area contributed by atoms with Crippen LogP contribution in [0.15, 0.2) is 23.8 Å². The molecule has 0 heterocycles. The Balaban J connectivity index is 3.75. The Labute approximate surface area is 80.3 Å². The summed E-state index contributed by atoms with van der Waals surface area (Å²) in [6, 6.07) is 0. The standard InChI is InChI=1S/C11H18O2/c1-5-13-11(12)10(4)8-6-7-9(2)3/h7H,4-6,8H2,1-3H3. The third-order valence-electron chi connectivity index (χ3n) is 1.56. The Bertz CT molecular complexity index is 210. The lowest BCUT2D eigenvalue weighted by molar-refractivity contribution is -0.138. The molecular formula is C11H18O2. The normalized spacial score (nSPS) is 9.15. The monoisotopic (exact) mass is 182 g/mol. The van der Waals surface area contributed by atoms with E-state index in [1.54, 1.807) is 6.92 Å². The Kier molecular flexibility index (Phi) is 5.94. The van der Waals surface area contributed by atoms with Gasteiger partial charge in [0, 0.05) is 5.57 Å². The van der Waals surface area contributed by atoms with Crippen molar-refractivity contribution in [2.24, 2.45) is 0 Å². The first-order chi connectivity index (χ1) is 6.07. The highest BCUT2D eigenvalue weighted by Crippen LogP contribution is 2.06. The Morgan fingerprint density at radius 1 is 1.46 bits per heavy atom. The van der Waals surface area contributed by atoms with E-state index in [1.165, 1.54) is 5.57 Å². The van der Waals surface area contributed by atoms with Crippen molar-refractivity contribution < 1.29 is 9.53 Å². The molecule has 0 aliphatic heterocycles. The third kappa shape index (κ3) is 6.14. The number of carbonyl (C=O) groups is 1. The van der Waals surface area contributed by atoms with E-state index in [-0.39, 0.29) is 5.97 Å². The number of ether oxygens (including phenoxy) is 1. The number of hydrogen-bond donors (Lipinski definition) is 0. The summed E-state index contributed by atoms with van der Waals surface area (Å²) < 4.78 is 4.80. The minimum absolute atomic E-state index is 0.273. The van der Waals surface area contributed by atoms with E-state index in [2.05, 4.69) is 12.7 Å². The van der Waals surface area contributed by atoms with Gasteiger partial charge in [0.1, 0.15) is 0 Å². The molecular weight excluding hydrogens is 164 g/mol. The molecule has 0 atom stereocenters. The first-order valence-corrected chi connectivity index (χ1v) is 4.56. The summed E-state index contributed by atoms with van der Waals surface area (Å²) in [5.74, 6) is -0.273. The summed E-state index contributed by atoms with van der Waals surface area (Å²) in [4.78, 5) is 11.1. The molecule has 2 heteroatoms. The molecule has 0 aromatic heterocycles. The fourth-order valence-electron chi connectivity index (χ4n) is 0.870. The van der Waals surface area contributed by atoms with Gasteiger partial charge in [-0.15, -0.1) is 0 Å². The van der Waals surface area contributed by atoms with E-state index in [0.717, 1.165) is 6.42 Å². The van der Waals surface area contributed by atoms with E-state index in [1.807, 2.05) is 13.8 Å². The Hall–Kier alpha value is -1.05. The highest BCUT2D eigenvalue weighted by molar-refractivity contribution is 5.87. The van der Waals surface area contributed by atoms with Crippen LogP contribution < -0.4 is 0 Å². The van der Waals surface area contributed by atoms with Crippen molar-refractivity contribution in [3.8, 4) is 0 Å². The Morgan fingerprint density at radius 2 is 2.08 bits per heavy atom. The van der Waals surface area contributed by atoms with Crippen LogP contribution >= 0.6 is 0 Å². The van der Waals surface area contributed by atoms with Crippen molar-refractivity contribution in [2.75, 3.05) is 6.61 Å². The van der Waals surface area contributed by atoms with Crippen molar-refractivity contribution in [1.82, 2.24) is 0 Å². The third-order valence-corrected chi connectivity index (χ3v) is 1.56. The van der Waals surface area contributed by atoms with E-state index >= 15 is 0 Å². The van der Waals surface area contributed by atoms with Gasteiger partial charge in [-0.05, 0) is 33.6 Å². The summed E-state index contributed by atoms with van der Waals surface area (Å²) in [6.45, 7) is 9.95. The molecule has 0 radical (unpaired) electrons. The van der Waals surface area contributed by atoms with Crippen LogP contribution in [0.3, 0.4) is 0 Å². The second-order valence-corrected chi connectivity index (χ2v) is 3.14. The predicted molar refractivity (Wildman–Crippen MR) is 54.4 cm³/mol. The molecule has 0 aliphatic carbocycles. The van der Waals surface area contributed by atoms with Gasteiger partial charge in [0.05, 0.1) is 6.61 Å². The van der Waals surface area contributed by atoms with E-state index in [4.69, 9.17) is 4.74 Å². The molecule has 0 aliphatic rings. The largest absolute Gasteiger partial charge is 0.463 e. The van der Waals surface area contributed by atoms with Gasteiger partial charge in [-0.3, -0.25) is 0 Å². The van der Waals surface area contributed by atoms with Crippen molar-refractivity contribution in [3.63, 3.8) is 0 Å². The lowest BCUT2D eigenvalue weighted by atomic mass is 10.1. The van der Waals surface area contributed by atoms with Gasteiger partial charge in [-0.1, -0.05) is 18.2 Å². The average Bonchev–Trinajstić information content (AvgIpc) is 2.04. The molecule has 0 saturated carbocycles. The fourth-order valence-corrected chi connectivity index (χ4v) is 0.870. The lowest BCUT2D eigenvalue weighted by Crippen LogP contribution is -2.06. The van der Waals surface area contributed by atoms with Crippen LogP contribution in [0.5, 0.6) is 0 Å². The highest BCUT2D eigenvalue weighted by Gasteiger charge is 2.05. The van der Waals surface area contributed by atoms with Gasteiger partial charge >= 0.3 is 5.97 Å². The second-order valence-electron chi connectivity index (χ2n) is 3.14. The van der Waals surface area contributed by atoms with Gasteiger partial charge in [0.2, 0.25) is 0 Å². The van der Waals surface area contributed by atoms with Gasteiger partial charge < -0.3 is 4.74 Å². The zero-order chi connectivity index (χ0) is 10.3. The molecule has 0 N–H and O–H groups in total. The molecule has 0 saturated heterocycles. The van der Waals surface area contributed by atoms with Crippen LogP contribution in [0.25, 0.3) is 0 Å². The van der Waals surface area contributed by atoms with Crippen molar-refractivity contribution in [1.29, 1.82) is 0 Å². The zero-order valence-electron chi connectivity index (χ0n) is 8.72. The SMILES string of the molecule is C=C(CCC=C(C)C)C(=O)OCC. The molecule has 74 valence electrons. The first-order valence-electron chi connectivity index (χ1n) is 4.56. The van der Waals surface area contributed by atoms with E-state index in [0.29, 0.717) is 18.6 Å². The van der Waals surface area contributed by atoms with Crippen molar-refractivity contribution >= 4 is 5.97 Å². The van der Waals surface area contributed by atoms with Crippen LogP contribution in [0, 0.1) is 0 Å². The summed E-state index contributed by atoms with van der Waals surface area (Å²) in [6.07, 6.45) is 3.63.